The second-order valence-corrected chi connectivity index (χ2v) is 13.1. The Kier molecular flexibility index (Phi) is 19.6. The number of esters is 1. The van der Waals surface area contributed by atoms with Gasteiger partial charge in [-0.05, 0) is 64.4 Å². The second-order valence-electron chi connectivity index (χ2n) is 13.1. The van der Waals surface area contributed by atoms with Crippen molar-refractivity contribution in [2.75, 3.05) is 0 Å². The van der Waals surface area contributed by atoms with Gasteiger partial charge in [-0.3, -0.25) is 4.79 Å². The molecule has 0 spiro atoms. The maximum atomic E-state index is 12.3. The Morgan fingerprint density at radius 1 is 0.767 bits per heavy atom. The molecule has 2 aliphatic rings. The number of hydrogen-bond donors (Lipinski definition) is 4. The van der Waals surface area contributed by atoms with Crippen LogP contribution in [-0.2, 0) is 19.1 Å². The molecule has 0 aromatic rings. The van der Waals surface area contributed by atoms with E-state index in [1.165, 1.54) is 51.4 Å². The van der Waals surface area contributed by atoms with Crippen molar-refractivity contribution in [1.82, 2.24) is 0 Å². The van der Waals surface area contributed by atoms with Crippen molar-refractivity contribution in [2.45, 2.75) is 198 Å². The topological polar surface area (TPSA) is 134 Å². The minimum atomic E-state index is -0.739. The summed E-state index contributed by atoms with van der Waals surface area (Å²) in [6, 6.07) is 0. The highest BCUT2D eigenvalue weighted by molar-refractivity contribution is 5.90. The van der Waals surface area contributed by atoms with Gasteiger partial charge in [0.2, 0.25) is 0 Å². The van der Waals surface area contributed by atoms with E-state index < -0.39 is 24.4 Å². The van der Waals surface area contributed by atoms with Crippen molar-refractivity contribution in [2.24, 2.45) is 0 Å². The number of aliphatic hydroxyl groups excluding tert-OH is 4. The molecule has 250 valence electrons. The van der Waals surface area contributed by atoms with Crippen LogP contribution in [0.15, 0.2) is 11.6 Å². The van der Waals surface area contributed by atoms with Gasteiger partial charge in [-0.2, -0.15) is 0 Å². The maximum absolute atomic E-state index is 12.3. The molecule has 2 rings (SSSR count). The fraction of sp³-hybridized carbons (Fsp3) is 0.886. The largest absolute Gasteiger partial charge is 0.455 e. The molecule has 7 unspecified atom stereocenters. The van der Waals surface area contributed by atoms with E-state index in [9.17, 15) is 30.0 Å². The number of aliphatic hydroxyl groups is 4. The van der Waals surface area contributed by atoms with E-state index in [-0.39, 0.29) is 42.9 Å². The van der Waals surface area contributed by atoms with E-state index in [1.807, 2.05) is 0 Å². The molecule has 0 bridgehead atoms. The van der Waals surface area contributed by atoms with Crippen LogP contribution in [0.3, 0.4) is 0 Å². The molecule has 0 aromatic carbocycles. The summed E-state index contributed by atoms with van der Waals surface area (Å²) in [7, 11) is 0. The molecule has 0 aliphatic carbocycles. The van der Waals surface area contributed by atoms with Crippen molar-refractivity contribution in [1.29, 1.82) is 0 Å². The predicted molar refractivity (Wildman–Crippen MR) is 169 cm³/mol. The van der Waals surface area contributed by atoms with Crippen molar-refractivity contribution in [3.63, 3.8) is 0 Å². The van der Waals surface area contributed by atoms with Crippen LogP contribution in [0.1, 0.15) is 155 Å². The molecule has 8 heteroatoms. The molecular weight excluding hydrogens is 548 g/mol. The van der Waals surface area contributed by atoms with Gasteiger partial charge in [0.15, 0.2) is 0 Å². The number of ether oxygens (including phenoxy) is 2. The lowest BCUT2D eigenvalue weighted by atomic mass is 9.98. The van der Waals surface area contributed by atoms with Gasteiger partial charge in [-0.25, -0.2) is 4.79 Å². The quantitative estimate of drug-likeness (QED) is 0.0668. The molecule has 8 nitrogen and oxygen atoms in total. The zero-order valence-corrected chi connectivity index (χ0v) is 27.1. The lowest BCUT2D eigenvalue weighted by molar-refractivity contribution is -0.139. The Balaban J connectivity index is 1.45. The van der Waals surface area contributed by atoms with E-state index >= 15 is 0 Å². The zero-order chi connectivity index (χ0) is 31.5. The van der Waals surface area contributed by atoms with Crippen LogP contribution >= 0.6 is 0 Å². The molecule has 1 saturated heterocycles. The van der Waals surface area contributed by atoms with Gasteiger partial charge in [0.25, 0.3) is 0 Å². The SMILES string of the molecule is CCCCCCCCCCCCC(O)C1CCC(C(O)CCCCC(=O)CC(O)CCCC(O)CC2=CC(C)OC2=O)O1. The Bertz CT molecular complexity index is 799. The first-order chi connectivity index (χ1) is 20.7. The molecule has 4 N–H and O–H groups in total. The van der Waals surface area contributed by atoms with Crippen LogP contribution in [0.2, 0.25) is 0 Å². The first-order valence-electron chi connectivity index (χ1n) is 17.5. The van der Waals surface area contributed by atoms with E-state index in [1.54, 1.807) is 13.0 Å². The lowest BCUT2D eigenvalue weighted by Gasteiger charge is -2.22. The summed E-state index contributed by atoms with van der Waals surface area (Å²) in [5, 5.41) is 41.6. The first kappa shape index (κ1) is 37.9. The number of unbranched alkanes of at least 4 members (excludes halogenated alkanes) is 10. The average Bonchev–Trinajstić information content (AvgIpc) is 3.58. The molecular formula is C35H62O8. The highest BCUT2D eigenvalue weighted by Gasteiger charge is 2.34. The number of cyclic esters (lactones) is 1. The Hall–Kier alpha value is -1.32. The number of Topliss-reactive ketones (excluding diaryl/α,β-unsaturated/α-hetero) is 1. The van der Waals surface area contributed by atoms with Gasteiger partial charge in [-0.1, -0.05) is 77.6 Å². The third-order valence-electron chi connectivity index (χ3n) is 8.99. The first-order valence-corrected chi connectivity index (χ1v) is 17.5. The zero-order valence-electron chi connectivity index (χ0n) is 27.1. The molecule has 2 heterocycles. The molecule has 0 aromatic heterocycles. The summed E-state index contributed by atoms with van der Waals surface area (Å²) in [4.78, 5) is 23.9. The molecule has 2 aliphatic heterocycles. The third-order valence-corrected chi connectivity index (χ3v) is 8.99. The number of carbonyl (C=O) groups is 2. The van der Waals surface area contributed by atoms with Gasteiger partial charge >= 0.3 is 5.97 Å². The molecule has 7 atom stereocenters. The summed E-state index contributed by atoms with van der Waals surface area (Å²) in [5.74, 6) is -0.374. The van der Waals surface area contributed by atoms with Crippen LogP contribution in [0.5, 0.6) is 0 Å². The Morgan fingerprint density at radius 2 is 1.30 bits per heavy atom. The van der Waals surface area contributed by atoms with Crippen molar-refractivity contribution in [3.05, 3.63) is 11.6 Å². The molecule has 0 saturated carbocycles. The van der Waals surface area contributed by atoms with Gasteiger partial charge in [0.1, 0.15) is 11.9 Å². The normalized spacial score (nSPS) is 23.2. The number of rotatable bonds is 26. The second kappa shape index (κ2) is 22.2. The molecule has 0 radical (unpaired) electrons. The van der Waals surface area contributed by atoms with Gasteiger partial charge < -0.3 is 29.9 Å². The number of hydrogen-bond acceptors (Lipinski definition) is 8. The standard InChI is InChI=1S/C35H62O8/c1-3-4-5-6-7-8-9-10-11-12-19-31(39)33-21-22-34(43-33)32(40)20-14-13-16-29(37)25-30(38)18-15-17-28(36)24-27-23-26(2)42-35(27)41/h23,26,28,30-34,36,38-40H,3-22,24-25H2,1-2H3. The van der Waals surface area contributed by atoms with Crippen molar-refractivity contribution in [3.8, 4) is 0 Å². The third kappa shape index (κ3) is 16.5. The van der Waals surface area contributed by atoms with Gasteiger partial charge in [0, 0.05) is 24.8 Å². The Labute approximate surface area is 260 Å². The van der Waals surface area contributed by atoms with E-state index in [2.05, 4.69) is 6.92 Å². The highest BCUT2D eigenvalue weighted by atomic mass is 16.5. The minimum Gasteiger partial charge on any atom is -0.455 e. The summed E-state index contributed by atoms with van der Waals surface area (Å²) in [6.45, 7) is 4.02. The highest BCUT2D eigenvalue weighted by Crippen LogP contribution is 2.28. The van der Waals surface area contributed by atoms with Crippen LogP contribution in [0.4, 0.5) is 0 Å². The average molecular weight is 611 g/mol. The van der Waals surface area contributed by atoms with E-state index in [0.29, 0.717) is 50.5 Å². The summed E-state index contributed by atoms with van der Waals surface area (Å²) >= 11 is 0. The maximum Gasteiger partial charge on any atom is 0.334 e. The van der Waals surface area contributed by atoms with Crippen molar-refractivity contribution < 1.29 is 39.5 Å². The van der Waals surface area contributed by atoms with E-state index in [4.69, 9.17) is 9.47 Å². The number of ketones is 1. The van der Waals surface area contributed by atoms with Gasteiger partial charge in [-0.15, -0.1) is 0 Å². The van der Waals surface area contributed by atoms with E-state index in [0.717, 1.165) is 32.1 Å². The van der Waals surface area contributed by atoms with Crippen LogP contribution in [-0.4, -0.2) is 74.9 Å². The summed E-state index contributed by atoms with van der Waals surface area (Å²) < 4.78 is 11.1. The molecule has 1 fully saturated rings. The lowest BCUT2D eigenvalue weighted by Crippen LogP contribution is -2.31. The predicted octanol–water partition coefficient (Wildman–Crippen LogP) is 6.24. The smallest absolute Gasteiger partial charge is 0.334 e. The summed E-state index contributed by atoms with van der Waals surface area (Å²) in [6.07, 6.45) is 17.6. The van der Waals surface area contributed by atoms with Crippen molar-refractivity contribution >= 4 is 11.8 Å². The molecule has 43 heavy (non-hydrogen) atoms. The fourth-order valence-electron chi connectivity index (χ4n) is 6.34. The number of carbonyl (C=O) groups excluding carboxylic acids is 2. The molecule has 0 amide bonds. The Morgan fingerprint density at radius 3 is 1.86 bits per heavy atom. The van der Waals surface area contributed by atoms with Crippen LogP contribution < -0.4 is 0 Å². The monoisotopic (exact) mass is 610 g/mol. The van der Waals surface area contributed by atoms with Crippen LogP contribution in [0.25, 0.3) is 0 Å². The van der Waals surface area contributed by atoms with Crippen LogP contribution in [0, 0.1) is 0 Å². The summed E-state index contributed by atoms with van der Waals surface area (Å²) in [5.41, 5.74) is 0.498. The van der Waals surface area contributed by atoms with Gasteiger partial charge in [0.05, 0.1) is 36.6 Å². The minimum absolute atomic E-state index is 0.00246. The fourth-order valence-corrected chi connectivity index (χ4v) is 6.34.